The average Bonchev–Trinajstić information content (AvgIpc) is 3.40. The van der Waals surface area contributed by atoms with Crippen molar-refractivity contribution in [3.8, 4) is 0 Å². The molecule has 15 nitrogen and oxygen atoms in total. The largest absolute Gasteiger partial charge is 0.369 e. The van der Waals surface area contributed by atoms with Crippen molar-refractivity contribution in [2.75, 3.05) is 109 Å². The van der Waals surface area contributed by atoms with Crippen LogP contribution in [0.4, 0.5) is 29.0 Å². The average molecular weight is 979 g/mol. The number of carbonyl (C=O) groups is 2. The Morgan fingerprint density at radius 2 is 0.986 bits per heavy atom. The lowest BCUT2D eigenvalue weighted by molar-refractivity contribution is 0.0657. The number of fused-ring (bicyclic) bond motifs is 4. The molecule has 10 rings (SSSR count). The third-order valence-electron chi connectivity index (χ3n) is 13.3. The van der Waals surface area contributed by atoms with Gasteiger partial charge in [0.1, 0.15) is 11.6 Å². The van der Waals surface area contributed by atoms with E-state index in [2.05, 4.69) is 101 Å². The van der Waals surface area contributed by atoms with Crippen molar-refractivity contribution in [1.82, 2.24) is 39.5 Å². The van der Waals surface area contributed by atoms with E-state index in [-0.39, 0.29) is 17.1 Å². The Morgan fingerprint density at radius 1 is 0.556 bits per heavy atom. The maximum atomic E-state index is 13.0. The normalized spacial score (nSPS) is 14.2. The highest BCUT2D eigenvalue weighted by Crippen LogP contribution is 2.29. The first-order valence-electron chi connectivity index (χ1n) is 24.1. The Morgan fingerprint density at radius 3 is 1.44 bits per heavy atom. The van der Waals surface area contributed by atoms with Gasteiger partial charge >= 0.3 is 0 Å². The number of piperazine rings is 2. The summed E-state index contributed by atoms with van der Waals surface area (Å²) in [5.41, 5.74) is 6.47. The van der Waals surface area contributed by atoms with Gasteiger partial charge in [0.15, 0.2) is 11.4 Å². The summed E-state index contributed by atoms with van der Waals surface area (Å²) in [6.45, 7) is 22.7. The van der Waals surface area contributed by atoms with E-state index in [0.29, 0.717) is 41.7 Å². The Kier molecular flexibility index (Phi) is 15.0. The highest BCUT2D eigenvalue weighted by Gasteiger charge is 2.22. The minimum atomic E-state index is 0.102. The number of halogens is 1. The molecule has 6 aromatic carbocycles. The van der Waals surface area contributed by atoms with Crippen LogP contribution in [0.1, 0.15) is 31.8 Å². The van der Waals surface area contributed by atoms with Crippen LogP contribution in [-0.4, -0.2) is 145 Å². The molecular formula is C56H56ClN13O2. The molecule has 364 valence electrons. The van der Waals surface area contributed by atoms with E-state index in [1.807, 2.05) is 77.3 Å². The number of nitrogens with zero attached hydrogens (tertiary/aromatic N) is 11. The van der Waals surface area contributed by atoms with Crippen molar-refractivity contribution >= 4 is 95.7 Å². The molecule has 2 amide bonds. The number of amides is 2. The predicted octanol–water partition coefficient (Wildman–Crippen LogP) is 9.47. The van der Waals surface area contributed by atoms with Crippen molar-refractivity contribution in [2.24, 2.45) is 0 Å². The second-order valence-electron chi connectivity index (χ2n) is 18.6. The van der Waals surface area contributed by atoms with E-state index in [0.717, 1.165) is 120 Å². The van der Waals surface area contributed by atoms with Crippen LogP contribution in [0.2, 0.25) is 5.28 Å². The van der Waals surface area contributed by atoms with E-state index in [4.69, 9.17) is 24.7 Å². The third kappa shape index (κ3) is 11.5. The number of anilines is 3. The first-order valence-corrected chi connectivity index (χ1v) is 24.5. The van der Waals surface area contributed by atoms with Crippen LogP contribution in [0.25, 0.3) is 53.0 Å². The van der Waals surface area contributed by atoms with Crippen LogP contribution >= 0.6 is 11.6 Å². The number of rotatable bonds is 11. The van der Waals surface area contributed by atoms with Gasteiger partial charge in [0, 0.05) is 101 Å². The van der Waals surface area contributed by atoms with Gasteiger partial charge in [-0.05, 0) is 120 Å². The fourth-order valence-corrected chi connectivity index (χ4v) is 9.18. The molecule has 2 aliphatic heterocycles. The second kappa shape index (κ2) is 22.0. The maximum absolute atomic E-state index is 13.0. The van der Waals surface area contributed by atoms with E-state index in [1.54, 1.807) is 24.3 Å². The van der Waals surface area contributed by atoms with Gasteiger partial charge in [0.2, 0.25) is 11.2 Å². The minimum Gasteiger partial charge on any atom is -0.369 e. The van der Waals surface area contributed by atoms with E-state index in [9.17, 15) is 9.59 Å². The fourth-order valence-electron chi connectivity index (χ4n) is 9.00. The fraction of sp³-hybridized carbons (Fsp3) is 0.286. The lowest BCUT2D eigenvalue weighted by Gasteiger charge is -2.32. The van der Waals surface area contributed by atoms with Gasteiger partial charge in [-0.15, -0.1) is 0 Å². The van der Waals surface area contributed by atoms with Crippen LogP contribution < -0.4 is 15.5 Å². The molecule has 2 aromatic heterocycles. The standard InChI is InChI=1S/C29H31N7O.C27H25ClN6O/c1-30-24-9-10-26-25(19-24)27(33-29(32-26)34(2)3)31-12-11-20-5-6-22-18-23(8-7-21(22)17-20)28(37)36-15-13-35(4)14-16-36;1-29-22-7-8-24-23(17-22)25(32-27(28)31-24)30-10-9-18-3-4-20-16-21(6-5-19(20)15-18)26(35)34-13-11-33(2)12-14-34/h5-10,17-19H,11-16H2,2-4H3,(H,31,32,33);3-8,15-17H,9-14H2,2H3,(H,30,31,32). The highest BCUT2D eigenvalue weighted by atomic mass is 35.5. The molecule has 0 aliphatic carbocycles. The number of hydrogen-bond donors (Lipinski definition) is 2. The first kappa shape index (κ1) is 49.0. The van der Waals surface area contributed by atoms with Crippen LogP contribution in [0, 0.1) is 13.1 Å². The van der Waals surface area contributed by atoms with Gasteiger partial charge in [-0.2, -0.15) is 4.98 Å². The molecule has 2 aliphatic rings. The molecule has 0 radical (unpaired) electrons. The molecule has 0 unspecified atom stereocenters. The summed E-state index contributed by atoms with van der Waals surface area (Å²) in [5, 5.41) is 13.0. The second-order valence-corrected chi connectivity index (χ2v) is 18.9. The molecule has 4 heterocycles. The summed E-state index contributed by atoms with van der Waals surface area (Å²) in [7, 11) is 8.00. The number of likely N-dealkylation sites (N-methyl/N-ethyl adjacent to an activating group) is 2. The summed E-state index contributed by atoms with van der Waals surface area (Å²) >= 11 is 6.10. The molecular weight excluding hydrogens is 922 g/mol. The van der Waals surface area contributed by atoms with Gasteiger partial charge in [-0.1, -0.05) is 60.7 Å². The minimum absolute atomic E-state index is 0.102. The zero-order chi connectivity index (χ0) is 50.3. The molecule has 2 N–H and O–H groups in total. The molecule has 0 spiro atoms. The maximum Gasteiger partial charge on any atom is 0.253 e. The molecule has 0 saturated carbocycles. The Labute approximate surface area is 424 Å². The van der Waals surface area contributed by atoms with Gasteiger partial charge in [0.05, 0.1) is 24.2 Å². The Balaban J connectivity index is 0.000000178. The lowest BCUT2D eigenvalue weighted by Crippen LogP contribution is -2.47. The first-order chi connectivity index (χ1) is 34.9. The van der Waals surface area contributed by atoms with Crippen LogP contribution in [0.15, 0.2) is 109 Å². The summed E-state index contributed by atoms with van der Waals surface area (Å²) in [5.74, 6) is 2.19. The molecule has 72 heavy (non-hydrogen) atoms. The number of nitrogens with one attached hydrogen (secondary N) is 2. The molecule has 8 aromatic rings. The SMILES string of the molecule is [C-]#[N+]c1ccc2nc(Cl)nc(NCCc3ccc4cc(C(=O)N5CCN(C)CC5)ccc4c3)c2c1.[C-]#[N+]c1ccc2nc(N(C)C)nc(NCCc3ccc4cc(C(=O)N5CCN(C)CC5)ccc4c3)c2c1. The van der Waals surface area contributed by atoms with Crippen molar-refractivity contribution in [2.45, 2.75) is 12.8 Å². The summed E-state index contributed by atoms with van der Waals surface area (Å²) < 4.78 is 0. The van der Waals surface area contributed by atoms with Crippen molar-refractivity contribution in [3.05, 3.63) is 160 Å². The van der Waals surface area contributed by atoms with Crippen molar-refractivity contribution in [1.29, 1.82) is 0 Å². The topological polar surface area (TPSA) is 135 Å². The molecule has 0 atom stereocenters. The van der Waals surface area contributed by atoms with E-state index in [1.165, 1.54) is 11.1 Å². The number of carbonyl (C=O) groups excluding carboxylic acids is 2. The van der Waals surface area contributed by atoms with Gasteiger partial charge in [-0.3, -0.25) is 9.59 Å². The zero-order valence-corrected chi connectivity index (χ0v) is 41.7. The van der Waals surface area contributed by atoms with Crippen LogP contribution in [0.3, 0.4) is 0 Å². The monoisotopic (exact) mass is 977 g/mol. The number of aromatic nitrogens is 4. The highest BCUT2D eigenvalue weighted by molar-refractivity contribution is 6.28. The van der Waals surface area contributed by atoms with Crippen LogP contribution in [-0.2, 0) is 12.8 Å². The van der Waals surface area contributed by atoms with Crippen molar-refractivity contribution in [3.63, 3.8) is 0 Å². The molecule has 16 heteroatoms. The Bertz CT molecular complexity index is 3410. The summed E-state index contributed by atoms with van der Waals surface area (Å²) in [6, 6.07) is 35.4. The summed E-state index contributed by atoms with van der Waals surface area (Å²) in [6.07, 6.45) is 1.59. The molecule has 2 saturated heterocycles. The predicted molar refractivity (Wildman–Crippen MR) is 290 cm³/mol. The third-order valence-corrected chi connectivity index (χ3v) is 13.4. The van der Waals surface area contributed by atoms with Crippen LogP contribution in [0.5, 0.6) is 0 Å². The smallest absolute Gasteiger partial charge is 0.253 e. The molecule has 2 fully saturated rings. The lowest BCUT2D eigenvalue weighted by atomic mass is 10.0. The number of benzene rings is 6. The van der Waals surface area contributed by atoms with Gasteiger partial charge < -0.3 is 35.1 Å². The Hall–Kier alpha value is -7.95. The van der Waals surface area contributed by atoms with Gasteiger partial charge in [-0.25, -0.2) is 24.6 Å². The summed E-state index contributed by atoms with van der Waals surface area (Å²) in [4.78, 5) is 61.0. The van der Waals surface area contributed by atoms with E-state index < -0.39 is 0 Å². The quantitative estimate of drug-likeness (QED) is 0.0949. The van der Waals surface area contributed by atoms with E-state index >= 15 is 0 Å². The molecule has 0 bridgehead atoms. The van der Waals surface area contributed by atoms with Gasteiger partial charge in [0.25, 0.3) is 11.8 Å². The van der Waals surface area contributed by atoms with Crippen molar-refractivity contribution < 1.29 is 9.59 Å². The number of hydrogen-bond acceptors (Lipinski definition) is 11. The zero-order valence-electron chi connectivity index (χ0n) is 41.0.